The molecule has 0 bridgehead atoms. The largest absolute Gasteiger partial charge is 0.309 e. The summed E-state index contributed by atoms with van der Waals surface area (Å²) >= 11 is 0. The zero-order valence-corrected chi connectivity index (χ0v) is 9.70. The molecule has 1 aromatic carbocycles. The van der Waals surface area contributed by atoms with Crippen LogP contribution in [-0.4, -0.2) is 16.3 Å². The number of halogens is 1. The van der Waals surface area contributed by atoms with Gasteiger partial charge in [-0.15, -0.1) is 12.4 Å². The second-order valence-corrected chi connectivity index (χ2v) is 3.77. The fraction of sp³-hybridized carbons (Fsp3) is 0.250. The molecule has 0 saturated carbocycles. The first-order valence-electron chi connectivity index (χ1n) is 5.26. The molecular weight excluding hydrogens is 222 g/mol. The summed E-state index contributed by atoms with van der Waals surface area (Å²) in [5.41, 5.74) is 3.80. The van der Waals surface area contributed by atoms with Crippen LogP contribution in [0.5, 0.6) is 0 Å². The standard InChI is InChI=1S/C12H13N3.ClH/c1-2-4-10(5-3-1)11-8-14-15-7-6-13-9-12(11)15;/h1-5,8,13H,6-7,9H2;1H. The van der Waals surface area contributed by atoms with Gasteiger partial charge in [0.2, 0.25) is 0 Å². The smallest absolute Gasteiger partial charge is 0.0601 e. The van der Waals surface area contributed by atoms with E-state index in [1.54, 1.807) is 0 Å². The molecule has 0 radical (unpaired) electrons. The van der Waals surface area contributed by atoms with E-state index in [4.69, 9.17) is 0 Å². The molecular formula is C12H14ClN3. The molecule has 4 heteroatoms. The van der Waals surface area contributed by atoms with Crippen LogP contribution in [0, 0.1) is 0 Å². The van der Waals surface area contributed by atoms with Crippen molar-refractivity contribution >= 4 is 12.4 Å². The van der Waals surface area contributed by atoms with Crippen molar-refractivity contribution in [2.24, 2.45) is 0 Å². The summed E-state index contributed by atoms with van der Waals surface area (Å²) in [5.74, 6) is 0. The molecule has 3 rings (SSSR count). The maximum Gasteiger partial charge on any atom is 0.0601 e. The van der Waals surface area contributed by atoms with Crippen molar-refractivity contribution in [3.8, 4) is 11.1 Å². The summed E-state index contributed by atoms with van der Waals surface area (Å²) in [4.78, 5) is 0. The molecule has 0 aliphatic carbocycles. The van der Waals surface area contributed by atoms with Gasteiger partial charge < -0.3 is 5.32 Å². The van der Waals surface area contributed by atoms with Crippen LogP contribution in [0.1, 0.15) is 5.69 Å². The molecule has 1 aliphatic heterocycles. The van der Waals surface area contributed by atoms with Crippen molar-refractivity contribution < 1.29 is 0 Å². The van der Waals surface area contributed by atoms with Crippen LogP contribution in [0.15, 0.2) is 36.5 Å². The van der Waals surface area contributed by atoms with Crippen LogP contribution in [0.25, 0.3) is 11.1 Å². The van der Waals surface area contributed by atoms with Crippen molar-refractivity contribution in [3.63, 3.8) is 0 Å². The van der Waals surface area contributed by atoms with Gasteiger partial charge in [-0.3, -0.25) is 4.68 Å². The molecule has 16 heavy (non-hydrogen) atoms. The van der Waals surface area contributed by atoms with Crippen molar-refractivity contribution in [1.29, 1.82) is 0 Å². The number of aromatic nitrogens is 2. The average Bonchev–Trinajstić information content (AvgIpc) is 2.74. The van der Waals surface area contributed by atoms with Gasteiger partial charge in [-0.1, -0.05) is 30.3 Å². The summed E-state index contributed by atoms with van der Waals surface area (Å²) in [6.45, 7) is 2.91. The minimum atomic E-state index is 0. The predicted octanol–water partition coefficient (Wildman–Crippen LogP) is 2.08. The maximum atomic E-state index is 4.41. The highest BCUT2D eigenvalue weighted by molar-refractivity contribution is 5.85. The third kappa shape index (κ3) is 1.84. The lowest BCUT2D eigenvalue weighted by Gasteiger charge is -2.16. The first-order chi connectivity index (χ1) is 7.45. The van der Waals surface area contributed by atoms with E-state index in [9.17, 15) is 0 Å². The fourth-order valence-electron chi connectivity index (χ4n) is 2.04. The second kappa shape index (κ2) is 4.68. The minimum absolute atomic E-state index is 0. The van der Waals surface area contributed by atoms with E-state index in [0.29, 0.717) is 0 Å². The Kier molecular flexibility index (Phi) is 3.27. The van der Waals surface area contributed by atoms with E-state index in [0.717, 1.165) is 19.6 Å². The van der Waals surface area contributed by atoms with Crippen molar-refractivity contribution in [2.75, 3.05) is 6.54 Å². The Morgan fingerprint density at radius 2 is 2.00 bits per heavy atom. The average molecular weight is 236 g/mol. The lowest BCUT2D eigenvalue weighted by Crippen LogP contribution is -2.28. The Hall–Kier alpha value is -1.32. The van der Waals surface area contributed by atoms with Gasteiger partial charge in [0.15, 0.2) is 0 Å². The topological polar surface area (TPSA) is 29.9 Å². The Morgan fingerprint density at radius 1 is 1.19 bits per heavy atom. The zero-order valence-electron chi connectivity index (χ0n) is 8.89. The first-order valence-corrected chi connectivity index (χ1v) is 5.26. The van der Waals surface area contributed by atoms with Gasteiger partial charge in [0.1, 0.15) is 0 Å². The normalized spacial score (nSPS) is 14.0. The molecule has 0 saturated heterocycles. The number of nitrogens with zero attached hydrogens (tertiary/aromatic N) is 2. The van der Waals surface area contributed by atoms with Crippen molar-refractivity contribution in [1.82, 2.24) is 15.1 Å². The molecule has 0 fully saturated rings. The number of nitrogens with one attached hydrogen (secondary N) is 1. The predicted molar refractivity (Wildman–Crippen MR) is 66.6 cm³/mol. The quantitative estimate of drug-likeness (QED) is 0.820. The summed E-state index contributed by atoms with van der Waals surface area (Å²) < 4.78 is 2.10. The molecule has 1 aromatic heterocycles. The van der Waals surface area contributed by atoms with Gasteiger partial charge in [0.05, 0.1) is 18.4 Å². The fourth-order valence-corrected chi connectivity index (χ4v) is 2.04. The summed E-state index contributed by atoms with van der Waals surface area (Å²) in [5, 5.41) is 7.79. The Bertz CT molecular complexity index is 464. The third-order valence-electron chi connectivity index (χ3n) is 2.83. The summed E-state index contributed by atoms with van der Waals surface area (Å²) in [7, 11) is 0. The van der Waals surface area contributed by atoms with Crippen LogP contribution in [0.3, 0.4) is 0 Å². The van der Waals surface area contributed by atoms with Crippen molar-refractivity contribution in [3.05, 3.63) is 42.2 Å². The highest BCUT2D eigenvalue weighted by atomic mass is 35.5. The number of benzene rings is 1. The monoisotopic (exact) mass is 235 g/mol. The van der Waals surface area contributed by atoms with Crippen LogP contribution in [0.2, 0.25) is 0 Å². The van der Waals surface area contributed by atoms with E-state index in [2.05, 4.69) is 39.4 Å². The molecule has 3 nitrogen and oxygen atoms in total. The Balaban J connectivity index is 0.000000963. The van der Waals surface area contributed by atoms with Gasteiger partial charge >= 0.3 is 0 Å². The van der Waals surface area contributed by atoms with Crippen LogP contribution < -0.4 is 5.32 Å². The van der Waals surface area contributed by atoms with Gasteiger partial charge in [0, 0.05) is 18.7 Å². The number of hydrogen-bond donors (Lipinski definition) is 1. The first kappa shape index (κ1) is 11.2. The lowest BCUT2D eigenvalue weighted by molar-refractivity contribution is 0.476. The van der Waals surface area contributed by atoms with E-state index < -0.39 is 0 Å². The zero-order chi connectivity index (χ0) is 10.1. The second-order valence-electron chi connectivity index (χ2n) is 3.77. The number of hydrogen-bond acceptors (Lipinski definition) is 2. The third-order valence-corrected chi connectivity index (χ3v) is 2.83. The highest BCUT2D eigenvalue weighted by Crippen LogP contribution is 2.24. The van der Waals surface area contributed by atoms with Crippen LogP contribution >= 0.6 is 12.4 Å². The van der Waals surface area contributed by atoms with Gasteiger partial charge in [-0.25, -0.2) is 0 Å². The summed E-state index contributed by atoms with van der Waals surface area (Å²) in [6.07, 6.45) is 1.97. The van der Waals surface area contributed by atoms with Gasteiger partial charge in [-0.05, 0) is 5.56 Å². The van der Waals surface area contributed by atoms with Gasteiger partial charge in [-0.2, -0.15) is 5.10 Å². The molecule has 0 spiro atoms. The minimum Gasteiger partial charge on any atom is -0.309 e. The maximum absolute atomic E-state index is 4.41. The lowest BCUT2D eigenvalue weighted by atomic mass is 10.1. The molecule has 0 amide bonds. The number of fused-ring (bicyclic) bond motifs is 1. The molecule has 1 aliphatic rings. The summed E-state index contributed by atoms with van der Waals surface area (Å²) in [6, 6.07) is 10.4. The van der Waals surface area contributed by atoms with Crippen LogP contribution in [0.4, 0.5) is 0 Å². The molecule has 0 unspecified atom stereocenters. The van der Waals surface area contributed by atoms with Crippen LogP contribution in [-0.2, 0) is 13.1 Å². The molecule has 0 atom stereocenters. The molecule has 2 aromatic rings. The van der Waals surface area contributed by atoms with Gasteiger partial charge in [0.25, 0.3) is 0 Å². The van der Waals surface area contributed by atoms with E-state index in [1.807, 2.05) is 12.3 Å². The SMILES string of the molecule is Cl.c1ccc(-c2cnn3c2CNCC3)cc1. The molecule has 2 heterocycles. The van der Waals surface area contributed by atoms with E-state index in [-0.39, 0.29) is 12.4 Å². The van der Waals surface area contributed by atoms with E-state index in [1.165, 1.54) is 16.8 Å². The molecule has 1 N–H and O–H groups in total. The molecule has 84 valence electrons. The Labute approximate surface area is 101 Å². The van der Waals surface area contributed by atoms with Crippen molar-refractivity contribution in [2.45, 2.75) is 13.1 Å². The highest BCUT2D eigenvalue weighted by Gasteiger charge is 2.14. The number of rotatable bonds is 1. The van der Waals surface area contributed by atoms with E-state index >= 15 is 0 Å². The Morgan fingerprint density at radius 3 is 2.81 bits per heavy atom.